The second-order valence-corrected chi connectivity index (χ2v) is 8.50. The minimum Gasteiger partial charge on any atom is -0.328 e. The van der Waals surface area contributed by atoms with Crippen LogP contribution in [0.3, 0.4) is 0 Å². The number of rotatable bonds is 5. The molecule has 2 aromatic rings. The SMILES string of the molecule is CC(=O)C1C(=O)C(=O)N(CCc2ccccc2)C1c1ccc(C(C)(C)C)cc1. The van der Waals surface area contributed by atoms with Gasteiger partial charge in [0, 0.05) is 6.54 Å². The average Bonchev–Trinajstić information content (AvgIpc) is 2.91. The predicted octanol–water partition coefficient (Wildman–Crippen LogP) is 3.88. The Kier molecular flexibility index (Phi) is 5.50. The van der Waals surface area contributed by atoms with Crippen LogP contribution in [-0.4, -0.2) is 28.9 Å². The van der Waals surface area contributed by atoms with Gasteiger partial charge >= 0.3 is 0 Å². The Hall–Kier alpha value is -2.75. The number of carbonyl (C=O) groups excluding carboxylic acids is 3. The summed E-state index contributed by atoms with van der Waals surface area (Å²) in [6, 6.07) is 17.3. The fourth-order valence-corrected chi connectivity index (χ4v) is 3.82. The summed E-state index contributed by atoms with van der Waals surface area (Å²) >= 11 is 0. The molecule has 28 heavy (non-hydrogen) atoms. The zero-order valence-corrected chi connectivity index (χ0v) is 16.9. The monoisotopic (exact) mass is 377 g/mol. The molecule has 1 heterocycles. The van der Waals surface area contributed by atoms with Crippen molar-refractivity contribution in [3.05, 3.63) is 71.3 Å². The van der Waals surface area contributed by atoms with Crippen LogP contribution in [0.4, 0.5) is 0 Å². The van der Waals surface area contributed by atoms with Crippen molar-refractivity contribution in [1.29, 1.82) is 0 Å². The van der Waals surface area contributed by atoms with E-state index < -0.39 is 23.7 Å². The second kappa shape index (κ2) is 7.70. The van der Waals surface area contributed by atoms with E-state index in [0.29, 0.717) is 13.0 Å². The second-order valence-electron chi connectivity index (χ2n) is 8.50. The Morgan fingerprint density at radius 1 is 0.964 bits per heavy atom. The van der Waals surface area contributed by atoms with Crippen LogP contribution >= 0.6 is 0 Å². The smallest absolute Gasteiger partial charge is 0.291 e. The van der Waals surface area contributed by atoms with Crippen molar-refractivity contribution >= 4 is 17.5 Å². The number of hydrogen-bond acceptors (Lipinski definition) is 3. The number of benzene rings is 2. The molecule has 0 aliphatic carbocycles. The van der Waals surface area contributed by atoms with Crippen molar-refractivity contribution in [2.24, 2.45) is 5.92 Å². The summed E-state index contributed by atoms with van der Waals surface area (Å²) in [4.78, 5) is 39.1. The summed E-state index contributed by atoms with van der Waals surface area (Å²) in [7, 11) is 0. The van der Waals surface area contributed by atoms with Crippen molar-refractivity contribution in [2.75, 3.05) is 6.54 Å². The summed E-state index contributed by atoms with van der Waals surface area (Å²) in [5.74, 6) is -2.33. The van der Waals surface area contributed by atoms with E-state index in [4.69, 9.17) is 0 Å². The topological polar surface area (TPSA) is 54.5 Å². The van der Waals surface area contributed by atoms with Crippen molar-refractivity contribution in [1.82, 2.24) is 4.90 Å². The van der Waals surface area contributed by atoms with Gasteiger partial charge in [-0.15, -0.1) is 0 Å². The van der Waals surface area contributed by atoms with Crippen molar-refractivity contribution in [2.45, 2.75) is 45.6 Å². The van der Waals surface area contributed by atoms with Gasteiger partial charge in [-0.2, -0.15) is 0 Å². The van der Waals surface area contributed by atoms with E-state index in [1.807, 2.05) is 54.6 Å². The van der Waals surface area contributed by atoms with Gasteiger partial charge in [-0.3, -0.25) is 14.4 Å². The van der Waals surface area contributed by atoms with Crippen LogP contribution in [-0.2, 0) is 26.2 Å². The normalized spacial score (nSPS) is 19.9. The Morgan fingerprint density at radius 3 is 2.11 bits per heavy atom. The highest BCUT2D eigenvalue weighted by Gasteiger charge is 2.49. The van der Waals surface area contributed by atoms with Crippen LogP contribution in [0.25, 0.3) is 0 Å². The molecule has 0 N–H and O–H groups in total. The summed E-state index contributed by atoms with van der Waals surface area (Å²) in [6.07, 6.45) is 0.640. The van der Waals surface area contributed by atoms with E-state index in [-0.39, 0.29) is 11.2 Å². The van der Waals surface area contributed by atoms with E-state index in [1.54, 1.807) is 4.90 Å². The van der Waals surface area contributed by atoms with Crippen LogP contribution < -0.4 is 0 Å². The number of carbonyl (C=O) groups is 3. The molecule has 1 aliphatic heterocycles. The van der Waals surface area contributed by atoms with Crippen LogP contribution in [0.2, 0.25) is 0 Å². The van der Waals surface area contributed by atoms with Gasteiger partial charge in [0.2, 0.25) is 5.78 Å². The summed E-state index contributed by atoms with van der Waals surface area (Å²) in [5, 5.41) is 0. The highest BCUT2D eigenvalue weighted by Crippen LogP contribution is 2.37. The van der Waals surface area contributed by atoms with E-state index in [2.05, 4.69) is 20.8 Å². The zero-order chi connectivity index (χ0) is 20.5. The molecule has 1 fully saturated rings. The molecule has 146 valence electrons. The fourth-order valence-electron chi connectivity index (χ4n) is 3.82. The largest absolute Gasteiger partial charge is 0.328 e. The highest BCUT2D eigenvalue weighted by atomic mass is 16.2. The first-order valence-corrected chi connectivity index (χ1v) is 9.70. The fraction of sp³-hybridized carbons (Fsp3) is 0.375. The van der Waals surface area contributed by atoms with E-state index in [9.17, 15) is 14.4 Å². The van der Waals surface area contributed by atoms with E-state index in [0.717, 1.165) is 11.1 Å². The van der Waals surface area contributed by atoms with Crippen molar-refractivity contribution in [3.8, 4) is 0 Å². The van der Waals surface area contributed by atoms with Gasteiger partial charge in [0.05, 0.1) is 6.04 Å². The molecule has 0 spiro atoms. The summed E-state index contributed by atoms with van der Waals surface area (Å²) < 4.78 is 0. The lowest BCUT2D eigenvalue weighted by Gasteiger charge is -2.28. The average molecular weight is 377 g/mol. The molecule has 4 nitrogen and oxygen atoms in total. The lowest BCUT2D eigenvalue weighted by molar-refractivity contribution is -0.142. The number of hydrogen-bond donors (Lipinski definition) is 0. The van der Waals surface area contributed by atoms with Crippen LogP contribution in [0.1, 0.15) is 50.4 Å². The van der Waals surface area contributed by atoms with Crippen molar-refractivity contribution in [3.63, 3.8) is 0 Å². The maximum absolute atomic E-state index is 12.7. The number of Topliss-reactive ketones (excluding diaryl/α,β-unsaturated/α-hetero) is 2. The first kappa shape index (κ1) is 20.0. The van der Waals surface area contributed by atoms with Gasteiger partial charge in [0.1, 0.15) is 11.7 Å². The number of likely N-dealkylation sites (tertiary alicyclic amines) is 1. The minimum absolute atomic E-state index is 0.00676. The van der Waals surface area contributed by atoms with E-state index >= 15 is 0 Å². The molecule has 0 aromatic heterocycles. The summed E-state index contributed by atoms with van der Waals surface area (Å²) in [5.41, 5.74) is 3.10. The molecule has 2 aromatic carbocycles. The van der Waals surface area contributed by atoms with Gasteiger partial charge < -0.3 is 4.90 Å². The van der Waals surface area contributed by atoms with Gasteiger partial charge in [-0.25, -0.2) is 0 Å². The quantitative estimate of drug-likeness (QED) is 0.587. The Labute approximate surface area is 166 Å². The van der Waals surface area contributed by atoms with E-state index in [1.165, 1.54) is 12.5 Å². The molecule has 1 aliphatic rings. The molecule has 0 radical (unpaired) electrons. The molecule has 1 amide bonds. The molecular formula is C24H27NO3. The molecule has 0 saturated carbocycles. The third kappa shape index (κ3) is 3.91. The van der Waals surface area contributed by atoms with Gasteiger partial charge in [0.25, 0.3) is 5.91 Å². The predicted molar refractivity (Wildman–Crippen MR) is 109 cm³/mol. The zero-order valence-electron chi connectivity index (χ0n) is 16.9. The first-order valence-electron chi connectivity index (χ1n) is 9.70. The molecule has 0 bridgehead atoms. The summed E-state index contributed by atoms with van der Waals surface area (Å²) in [6.45, 7) is 8.20. The van der Waals surface area contributed by atoms with Gasteiger partial charge in [0.15, 0.2) is 0 Å². The Morgan fingerprint density at radius 2 is 1.57 bits per heavy atom. The van der Waals surface area contributed by atoms with Gasteiger partial charge in [-0.1, -0.05) is 75.4 Å². The van der Waals surface area contributed by atoms with Crippen LogP contribution in [0.15, 0.2) is 54.6 Å². The van der Waals surface area contributed by atoms with Gasteiger partial charge in [-0.05, 0) is 35.4 Å². The molecule has 2 unspecified atom stereocenters. The third-order valence-corrected chi connectivity index (χ3v) is 5.45. The number of nitrogens with zero attached hydrogens (tertiary/aromatic N) is 1. The van der Waals surface area contributed by atoms with Crippen LogP contribution in [0.5, 0.6) is 0 Å². The molecular weight excluding hydrogens is 350 g/mol. The lowest BCUT2D eigenvalue weighted by Crippen LogP contribution is -2.32. The number of ketones is 2. The minimum atomic E-state index is -0.927. The van der Waals surface area contributed by atoms with Crippen LogP contribution in [0, 0.1) is 5.92 Å². The maximum atomic E-state index is 12.7. The molecule has 4 heteroatoms. The Bertz CT molecular complexity index is 878. The third-order valence-electron chi connectivity index (χ3n) is 5.45. The highest BCUT2D eigenvalue weighted by molar-refractivity contribution is 6.42. The number of amides is 1. The molecule has 3 rings (SSSR count). The standard InChI is InChI=1S/C24H27NO3/c1-16(26)20-21(18-10-12-19(13-11-18)24(2,3)4)25(23(28)22(20)27)15-14-17-8-6-5-7-9-17/h5-13,20-21H,14-15H2,1-4H3. The Balaban J connectivity index is 1.93. The molecule has 1 saturated heterocycles. The first-order chi connectivity index (χ1) is 13.2. The van der Waals surface area contributed by atoms with Crippen molar-refractivity contribution < 1.29 is 14.4 Å². The maximum Gasteiger partial charge on any atom is 0.291 e. The lowest BCUT2D eigenvalue weighted by atomic mass is 9.84. The molecule has 2 atom stereocenters.